The van der Waals surface area contributed by atoms with Crippen molar-refractivity contribution in [1.82, 2.24) is 9.78 Å². The Morgan fingerprint density at radius 3 is 2.65 bits per heavy atom. The van der Waals surface area contributed by atoms with Crippen LogP contribution in [0.3, 0.4) is 0 Å². The van der Waals surface area contributed by atoms with Gasteiger partial charge >= 0.3 is 5.97 Å². The van der Waals surface area contributed by atoms with Gasteiger partial charge in [-0.1, -0.05) is 19.1 Å². The summed E-state index contributed by atoms with van der Waals surface area (Å²) in [6, 6.07) is 10.1. The number of carboxylic acids is 1. The van der Waals surface area contributed by atoms with Crippen LogP contribution in [0.1, 0.15) is 36.9 Å². The minimum Gasteiger partial charge on any atom is -0.481 e. The van der Waals surface area contributed by atoms with E-state index in [9.17, 15) is 4.79 Å². The first-order valence-electron chi connectivity index (χ1n) is 7.01. The van der Waals surface area contributed by atoms with E-state index in [0.29, 0.717) is 12.3 Å². The summed E-state index contributed by atoms with van der Waals surface area (Å²) in [4.78, 5) is 10.9. The van der Waals surface area contributed by atoms with Gasteiger partial charge in [0.2, 0.25) is 0 Å². The van der Waals surface area contributed by atoms with Gasteiger partial charge in [0.15, 0.2) is 0 Å². The normalized spacial score (nSPS) is 16.1. The summed E-state index contributed by atoms with van der Waals surface area (Å²) < 4.78 is 1.99. The second-order valence-electron chi connectivity index (χ2n) is 5.55. The van der Waals surface area contributed by atoms with Crippen LogP contribution < -0.4 is 0 Å². The molecule has 0 aliphatic heterocycles. The van der Waals surface area contributed by atoms with Gasteiger partial charge in [0.1, 0.15) is 0 Å². The molecule has 0 amide bonds. The molecule has 4 nitrogen and oxygen atoms in total. The molecule has 4 heteroatoms. The van der Waals surface area contributed by atoms with E-state index in [1.54, 1.807) is 6.92 Å². The summed E-state index contributed by atoms with van der Waals surface area (Å²) in [6.07, 6.45) is 4.90. The topological polar surface area (TPSA) is 55.1 Å². The lowest BCUT2D eigenvalue weighted by molar-refractivity contribution is -0.141. The zero-order valence-corrected chi connectivity index (χ0v) is 11.5. The Balaban J connectivity index is 1.78. The molecule has 1 aliphatic rings. The third-order valence-corrected chi connectivity index (χ3v) is 3.81. The summed E-state index contributed by atoms with van der Waals surface area (Å²) in [5, 5.41) is 13.3. The Kier molecular flexibility index (Phi) is 3.30. The molecule has 20 heavy (non-hydrogen) atoms. The molecule has 1 aromatic carbocycles. The molecule has 0 spiro atoms. The van der Waals surface area contributed by atoms with Crippen LogP contribution in [0.2, 0.25) is 0 Å². The number of hydrogen-bond acceptors (Lipinski definition) is 2. The van der Waals surface area contributed by atoms with Crippen LogP contribution in [-0.2, 0) is 11.2 Å². The van der Waals surface area contributed by atoms with E-state index in [-0.39, 0.29) is 5.92 Å². The third kappa shape index (κ3) is 2.59. The molecular weight excluding hydrogens is 252 g/mol. The number of hydrogen-bond donors (Lipinski definition) is 1. The van der Waals surface area contributed by atoms with Crippen molar-refractivity contribution < 1.29 is 9.90 Å². The number of benzene rings is 1. The van der Waals surface area contributed by atoms with Crippen LogP contribution in [0, 0.1) is 5.92 Å². The fourth-order valence-electron chi connectivity index (χ4n) is 2.43. The van der Waals surface area contributed by atoms with E-state index in [1.165, 1.54) is 18.5 Å². The first kappa shape index (κ1) is 12.9. The summed E-state index contributed by atoms with van der Waals surface area (Å²) >= 11 is 0. The number of aliphatic carboxylic acids is 1. The van der Waals surface area contributed by atoms with Crippen LogP contribution >= 0.6 is 0 Å². The number of nitrogens with zero attached hydrogens (tertiary/aromatic N) is 2. The summed E-state index contributed by atoms with van der Waals surface area (Å²) in [5.74, 6) is -0.450. The van der Waals surface area contributed by atoms with Gasteiger partial charge in [-0.15, -0.1) is 0 Å². The molecule has 1 heterocycles. The van der Waals surface area contributed by atoms with Crippen molar-refractivity contribution in [3.8, 4) is 5.69 Å². The van der Waals surface area contributed by atoms with Gasteiger partial charge in [-0.05, 0) is 43.0 Å². The Morgan fingerprint density at radius 1 is 1.35 bits per heavy atom. The average molecular weight is 270 g/mol. The number of carbonyl (C=O) groups is 1. The lowest BCUT2D eigenvalue weighted by Crippen LogP contribution is -2.12. The SMILES string of the molecule is CC(Cc1ccc(-n2nccc2C2CC2)cc1)C(=O)O. The molecule has 1 aliphatic carbocycles. The molecule has 1 atom stereocenters. The lowest BCUT2D eigenvalue weighted by Gasteiger charge is -2.09. The van der Waals surface area contributed by atoms with E-state index in [2.05, 4.69) is 11.2 Å². The van der Waals surface area contributed by atoms with Crippen molar-refractivity contribution in [2.45, 2.75) is 32.1 Å². The molecule has 0 radical (unpaired) electrons. The minimum absolute atomic E-state index is 0.354. The Bertz CT molecular complexity index is 612. The van der Waals surface area contributed by atoms with E-state index in [0.717, 1.165) is 11.3 Å². The van der Waals surface area contributed by atoms with Crippen molar-refractivity contribution in [1.29, 1.82) is 0 Å². The predicted molar refractivity (Wildman–Crippen MR) is 76.0 cm³/mol. The molecule has 104 valence electrons. The molecule has 0 bridgehead atoms. The maximum absolute atomic E-state index is 10.9. The van der Waals surface area contributed by atoms with Crippen LogP contribution in [0.4, 0.5) is 0 Å². The van der Waals surface area contributed by atoms with Gasteiger partial charge in [-0.3, -0.25) is 4.79 Å². The third-order valence-electron chi connectivity index (χ3n) is 3.81. The number of aromatic nitrogens is 2. The number of rotatable bonds is 5. The van der Waals surface area contributed by atoms with Gasteiger partial charge in [0.05, 0.1) is 11.6 Å². The lowest BCUT2D eigenvalue weighted by atomic mass is 10.0. The summed E-state index contributed by atoms with van der Waals surface area (Å²) in [5.41, 5.74) is 3.36. The van der Waals surface area contributed by atoms with Crippen LogP contribution in [0.15, 0.2) is 36.5 Å². The van der Waals surface area contributed by atoms with E-state index in [4.69, 9.17) is 5.11 Å². The summed E-state index contributed by atoms with van der Waals surface area (Å²) in [7, 11) is 0. The quantitative estimate of drug-likeness (QED) is 0.908. The van der Waals surface area contributed by atoms with Crippen LogP contribution in [-0.4, -0.2) is 20.9 Å². The van der Waals surface area contributed by atoms with Gasteiger partial charge in [-0.25, -0.2) is 4.68 Å². The van der Waals surface area contributed by atoms with E-state index < -0.39 is 5.97 Å². The van der Waals surface area contributed by atoms with Crippen molar-refractivity contribution in [3.63, 3.8) is 0 Å². The van der Waals surface area contributed by atoms with Gasteiger partial charge in [0, 0.05) is 17.8 Å². The first-order chi connectivity index (χ1) is 9.65. The Morgan fingerprint density at radius 2 is 2.05 bits per heavy atom. The van der Waals surface area contributed by atoms with Crippen molar-refractivity contribution in [2.75, 3.05) is 0 Å². The monoisotopic (exact) mass is 270 g/mol. The largest absolute Gasteiger partial charge is 0.481 e. The van der Waals surface area contributed by atoms with Gasteiger partial charge in [-0.2, -0.15) is 5.10 Å². The van der Waals surface area contributed by atoms with Crippen molar-refractivity contribution in [3.05, 3.63) is 47.8 Å². The highest BCUT2D eigenvalue weighted by atomic mass is 16.4. The molecule has 1 N–H and O–H groups in total. The molecule has 1 unspecified atom stereocenters. The fourth-order valence-corrected chi connectivity index (χ4v) is 2.43. The van der Waals surface area contributed by atoms with Crippen LogP contribution in [0.5, 0.6) is 0 Å². The molecule has 1 aromatic heterocycles. The molecule has 2 aromatic rings. The standard InChI is InChI=1S/C16H18N2O2/c1-11(16(19)20)10-12-2-6-14(7-3-12)18-15(8-9-17-18)13-4-5-13/h2-3,6-9,11,13H,4-5,10H2,1H3,(H,19,20). The zero-order chi connectivity index (χ0) is 14.1. The number of carboxylic acid groups (broad SMARTS) is 1. The first-order valence-corrected chi connectivity index (χ1v) is 7.01. The highest BCUT2D eigenvalue weighted by Gasteiger charge is 2.27. The Labute approximate surface area is 118 Å². The fraction of sp³-hybridized carbons (Fsp3) is 0.375. The van der Waals surface area contributed by atoms with Crippen molar-refractivity contribution >= 4 is 5.97 Å². The predicted octanol–water partition coefficient (Wildman–Crippen LogP) is 3.01. The van der Waals surface area contributed by atoms with Gasteiger partial charge < -0.3 is 5.11 Å². The maximum atomic E-state index is 10.9. The smallest absolute Gasteiger partial charge is 0.306 e. The highest BCUT2D eigenvalue weighted by molar-refractivity contribution is 5.69. The van der Waals surface area contributed by atoms with E-state index >= 15 is 0 Å². The highest BCUT2D eigenvalue weighted by Crippen LogP contribution is 2.40. The van der Waals surface area contributed by atoms with Crippen LogP contribution in [0.25, 0.3) is 5.69 Å². The maximum Gasteiger partial charge on any atom is 0.306 e. The molecule has 1 saturated carbocycles. The second kappa shape index (κ2) is 5.12. The van der Waals surface area contributed by atoms with Crippen molar-refractivity contribution in [2.24, 2.45) is 5.92 Å². The average Bonchev–Trinajstić information content (AvgIpc) is 3.17. The summed E-state index contributed by atoms with van der Waals surface area (Å²) in [6.45, 7) is 1.73. The second-order valence-corrected chi connectivity index (χ2v) is 5.55. The zero-order valence-electron chi connectivity index (χ0n) is 11.5. The molecule has 3 rings (SSSR count). The molecular formula is C16H18N2O2. The van der Waals surface area contributed by atoms with E-state index in [1.807, 2.05) is 35.1 Å². The van der Waals surface area contributed by atoms with Gasteiger partial charge in [0.25, 0.3) is 0 Å². The Hall–Kier alpha value is -2.10. The minimum atomic E-state index is -0.753. The molecule has 1 fully saturated rings. The molecule has 0 saturated heterocycles.